The van der Waals surface area contributed by atoms with Crippen LogP contribution >= 0.6 is 0 Å². The Bertz CT molecular complexity index is 361. The Morgan fingerprint density at radius 3 is 2.81 bits per heavy atom. The van der Waals surface area contributed by atoms with E-state index in [0.717, 1.165) is 24.1 Å². The SMILES string of the molecule is CCCCOC(=O)c1cc(C)ccc1NC. The van der Waals surface area contributed by atoms with Crippen LogP contribution in [0.25, 0.3) is 0 Å². The van der Waals surface area contributed by atoms with E-state index in [-0.39, 0.29) is 5.97 Å². The fraction of sp³-hybridized carbons (Fsp3) is 0.462. The van der Waals surface area contributed by atoms with E-state index in [0.29, 0.717) is 12.2 Å². The Morgan fingerprint density at radius 1 is 1.44 bits per heavy atom. The lowest BCUT2D eigenvalue weighted by atomic mass is 10.1. The van der Waals surface area contributed by atoms with Gasteiger partial charge in [-0.2, -0.15) is 0 Å². The van der Waals surface area contributed by atoms with Crippen molar-refractivity contribution < 1.29 is 9.53 Å². The molecule has 1 rings (SSSR count). The number of unbranched alkanes of at least 4 members (excludes halogenated alkanes) is 1. The predicted octanol–water partition coefficient (Wildman–Crippen LogP) is 2.99. The maximum atomic E-state index is 11.8. The highest BCUT2D eigenvalue weighted by atomic mass is 16.5. The van der Waals surface area contributed by atoms with Crippen molar-refractivity contribution in [2.45, 2.75) is 26.7 Å². The molecule has 3 nitrogen and oxygen atoms in total. The monoisotopic (exact) mass is 221 g/mol. The Hall–Kier alpha value is -1.51. The fourth-order valence-electron chi connectivity index (χ4n) is 1.43. The summed E-state index contributed by atoms with van der Waals surface area (Å²) in [5.74, 6) is -0.249. The normalized spacial score (nSPS) is 9.94. The standard InChI is InChI=1S/C13H19NO2/c1-4-5-8-16-13(15)11-9-10(2)6-7-12(11)14-3/h6-7,9,14H,4-5,8H2,1-3H3. The molecule has 0 atom stereocenters. The largest absolute Gasteiger partial charge is 0.462 e. The number of esters is 1. The van der Waals surface area contributed by atoms with E-state index in [9.17, 15) is 4.79 Å². The third-order valence-corrected chi connectivity index (χ3v) is 2.40. The highest BCUT2D eigenvalue weighted by Crippen LogP contribution is 2.17. The van der Waals surface area contributed by atoms with Crippen molar-refractivity contribution in [2.24, 2.45) is 0 Å². The minimum Gasteiger partial charge on any atom is -0.462 e. The van der Waals surface area contributed by atoms with Crippen LogP contribution < -0.4 is 5.32 Å². The summed E-state index contributed by atoms with van der Waals surface area (Å²) in [6.07, 6.45) is 1.94. The van der Waals surface area contributed by atoms with Crippen LogP contribution in [0.4, 0.5) is 5.69 Å². The van der Waals surface area contributed by atoms with Gasteiger partial charge in [-0.15, -0.1) is 0 Å². The van der Waals surface area contributed by atoms with Crippen LogP contribution in [0.5, 0.6) is 0 Å². The van der Waals surface area contributed by atoms with Gasteiger partial charge >= 0.3 is 5.97 Å². The molecule has 0 radical (unpaired) electrons. The van der Waals surface area contributed by atoms with Gasteiger partial charge in [0, 0.05) is 12.7 Å². The molecule has 0 spiro atoms. The van der Waals surface area contributed by atoms with E-state index in [1.54, 1.807) is 7.05 Å². The predicted molar refractivity (Wildman–Crippen MR) is 65.9 cm³/mol. The van der Waals surface area contributed by atoms with Gasteiger partial charge in [0.05, 0.1) is 12.2 Å². The quantitative estimate of drug-likeness (QED) is 0.613. The van der Waals surface area contributed by atoms with Gasteiger partial charge in [0.1, 0.15) is 0 Å². The second-order valence-corrected chi connectivity index (χ2v) is 3.79. The Kier molecular flexibility index (Phi) is 4.83. The second-order valence-electron chi connectivity index (χ2n) is 3.79. The first-order valence-corrected chi connectivity index (χ1v) is 5.64. The topological polar surface area (TPSA) is 38.3 Å². The molecular weight excluding hydrogens is 202 g/mol. The molecule has 0 aliphatic heterocycles. The fourth-order valence-corrected chi connectivity index (χ4v) is 1.43. The van der Waals surface area contributed by atoms with Crippen molar-refractivity contribution in [2.75, 3.05) is 19.0 Å². The minimum absolute atomic E-state index is 0.249. The molecule has 0 aliphatic carbocycles. The molecule has 3 heteroatoms. The molecule has 1 aromatic rings. The summed E-state index contributed by atoms with van der Waals surface area (Å²) in [6, 6.07) is 5.71. The minimum atomic E-state index is -0.249. The number of carbonyl (C=O) groups excluding carboxylic acids is 1. The van der Waals surface area contributed by atoms with Crippen molar-refractivity contribution in [3.8, 4) is 0 Å². The average Bonchev–Trinajstić information content (AvgIpc) is 2.29. The molecule has 0 fully saturated rings. The molecule has 0 aromatic heterocycles. The van der Waals surface area contributed by atoms with Gasteiger partial charge in [0.2, 0.25) is 0 Å². The van der Waals surface area contributed by atoms with Crippen LogP contribution in [0, 0.1) is 6.92 Å². The summed E-state index contributed by atoms with van der Waals surface area (Å²) >= 11 is 0. The van der Waals surface area contributed by atoms with Crippen molar-refractivity contribution in [1.82, 2.24) is 0 Å². The second kappa shape index (κ2) is 6.16. The summed E-state index contributed by atoms with van der Waals surface area (Å²) in [4.78, 5) is 11.8. The summed E-state index contributed by atoms with van der Waals surface area (Å²) in [5.41, 5.74) is 2.48. The zero-order valence-electron chi connectivity index (χ0n) is 10.2. The van der Waals surface area contributed by atoms with Gasteiger partial charge in [-0.25, -0.2) is 4.79 Å². The number of carbonyl (C=O) groups is 1. The molecular formula is C13H19NO2. The lowest BCUT2D eigenvalue weighted by Crippen LogP contribution is -2.09. The molecule has 0 saturated carbocycles. The van der Waals surface area contributed by atoms with Gasteiger partial charge in [0.25, 0.3) is 0 Å². The molecule has 0 unspecified atom stereocenters. The van der Waals surface area contributed by atoms with Crippen molar-refractivity contribution in [3.63, 3.8) is 0 Å². The van der Waals surface area contributed by atoms with Crippen molar-refractivity contribution in [1.29, 1.82) is 0 Å². The zero-order valence-corrected chi connectivity index (χ0v) is 10.2. The molecule has 16 heavy (non-hydrogen) atoms. The van der Waals surface area contributed by atoms with Crippen LogP contribution in [0.3, 0.4) is 0 Å². The Morgan fingerprint density at radius 2 is 2.19 bits per heavy atom. The van der Waals surface area contributed by atoms with E-state index in [1.165, 1.54) is 0 Å². The number of anilines is 1. The van der Waals surface area contributed by atoms with E-state index < -0.39 is 0 Å². The number of benzene rings is 1. The summed E-state index contributed by atoms with van der Waals surface area (Å²) in [6.45, 7) is 4.52. The van der Waals surface area contributed by atoms with E-state index in [2.05, 4.69) is 12.2 Å². The number of hydrogen-bond donors (Lipinski definition) is 1. The average molecular weight is 221 g/mol. The smallest absolute Gasteiger partial charge is 0.340 e. The molecule has 0 amide bonds. The summed E-state index contributed by atoms with van der Waals surface area (Å²) in [5, 5.41) is 2.99. The molecule has 0 heterocycles. The molecule has 0 bridgehead atoms. The molecule has 0 saturated heterocycles. The van der Waals surface area contributed by atoms with Gasteiger partial charge < -0.3 is 10.1 Å². The number of rotatable bonds is 5. The Balaban J connectivity index is 2.76. The van der Waals surface area contributed by atoms with Crippen LogP contribution in [0.2, 0.25) is 0 Å². The van der Waals surface area contributed by atoms with E-state index in [4.69, 9.17) is 4.74 Å². The highest BCUT2D eigenvalue weighted by molar-refractivity contribution is 5.95. The van der Waals surface area contributed by atoms with Gasteiger partial charge in [-0.1, -0.05) is 25.0 Å². The number of aryl methyl sites for hydroxylation is 1. The zero-order chi connectivity index (χ0) is 12.0. The van der Waals surface area contributed by atoms with Crippen molar-refractivity contribution >= 4 is 11.7 Å². The summed E-state index contributed by atoms with van der Waals surface area (Å²) < 4.78 is 5.19. The first kappa shape index (κ1) is 12.6. The summed E-state index contributed by atoms with van der Waals surface area (Å²) in [7, 11) is 1.80. The lowest BCUT2D eigenvalue weighted by Gasteiger charge is -2.09. The van der Waals surface area contributed by atoms with Crippen molar-refractivity contribution in [3.05, 3.63) is 29.3 Å². The van der Waals surface area contributed by atoms with Gasteiger partial charge in [0.15, 0.2) is 0 Å². The number of nitrogens with one attached hydrogen (secondary N) is 1. The third kappa shape index (κ3) is 3.26. The van der Waals surface area contributed by atoms with Crippen LogP contribution in [-0.4, -0.2) is 19.6 Å². The lowest BCUT2D eigenvalue weighted by molar-refractivity contribution is 0.0501. The third-order valence-electron chi connectivity index (χ3n) is 2.40. The van der Waals surface area contributed by atoms with Gasteiger partial charge in [-0.3, -0.25) is 0 Å². The Labute approximate surface area is 96.8 Å². The molecule has 88 valence electrons. The maximum absolute atomic E-state index is 11.8. The molecule has 0 aliphatic rings. The van der Waals surface area contributed by atoms with Crippen LogP contribution in [0.15, 0.2) is 18.2 Å². The van der Waals surface area contributed by atoms with E-state index >= 15 is 0 Å². The van der Waals surface area contributed by atoms with Crippen LogP contribution in [0.1, 0.15) is 35.7 Å². The number of hydrogen-bond acceptors (Lipinski definition) is 3. The highest BCUT2D eigenvalue weighted by Gasteiger charge is 2.11. The molecule has 1 aromatic carbocycles. The van der Waals surface area contributed by atoms with E-state index in [1.807, 2.05) is 25.1 Å². The first-order chi connectivity index (χ1) is 7.69. The van der Waals surface area contributed by atoms with Gasteiger partial charge in [-0.05, 0) is 25.5 Å². The molecule has 1 N–H and O–H groups in total. The maximum Gasteiger partial charge on any atom is 0.340 e. The number of ether oxygens (including phenoxy) is 1. The van der Waals surface area contributed by atoms with Crippen LogP contribution in [-0.2, 0) is 4.74 Å². The first-order valence-electron chi connectivity index (χ1n) is 5.64.